The summed E-state index contributed by atoms with van der Waals surface area (Å²) < 4.78 is 0. The maximum atomic E-state index is 0. The van der Waals surface area contributed by atoms with Crippen LogP contribution >= 0.6 is 0 Å². The fourth-order valence-corrected chi connectivity index (χ4v) is 0. The molecule has 4 heavy (non-hydrogen) atoms. The summed E-state index contributed by atoms with van der Waals surface area (Å²) in [5, 5.41) is 0. The van der Waals surface area contributed by atoms with Gasteiger partial charge in [-0.2, -0.15) is 0 Å². The van der Waals surface area contributed by atoms with Crippen LogP contribution in [0.3, 0.4) is 0 Å². The average Bonchev–Trinajstić information content (AvgIpc) is 0. The summed E-state index contributed by atoms with van der Waals surface area (Å²) >= 11 is 0. The van der Waals surface area contributed by atoms with E-state index in [4.69, 9.17) is 0 Å². The Morgan fingerprint density at radius 2 is 0.750 bits per heavy atom. The summed E-state index contributed by atoms with van der Waals surface area (Å²) in [5.74, 6) is 0. The summed E-state index contributed by atoms with van der Waals surface area (Å²) in [7, 11) is 0. The molecule has 0 amide bonds. The first-order valence-corrected chi connectivity index (χ1v) is 0. The molecule has 0 bridgehead atoms. The Kier molecular flexibility index (Phi) is 123. The molecule has 0 heterocycles. The standard InChI is InChI=1S/Ba.Nd.2O/q+2;+3;2*-2. The molecule has 4 heteroatoms. The van der Waals surface area contributed by atoms with Gasteiger partial charge in [0.05, 0.1) is 0 Å². The van der Waals surface area contributed by atoms with Crippen molar-refractivity contribution in [3.63, 3.8) is 0 Å². The zero-order chi connectivity index (χ0) is 0. The van der Waals surface area contributed by atoms with Gasteiger partial charge in [-0.1, -0.05) is 0 Å². The van der Waals surface area contributed by atoms with Crippen LogP contribution in [-0.4, -0.2) is 48.9 Å². The molecule has 0 fully saturated rings. The van der Waals surface area contributed by atoms with E-state index < -0.39 is 0 Å². The summed E-state index contributed by atoms with van der Waals surface area (Å²) in [6.45, 7) is 0. The summed E-state index contributed by atoms with van der Waals surface area (Å²) in [4.78, 5) is 0. The normalized spacial score (nSPS) is 0. The van der Waals surface area contributed by atoms with Crippen molar-refractivity contribution in [2.45, 2.75) is 0 Å². The summed E-state index contributed by atoms with van der Waals surface area (Å²) in [6.07, 6.45) is 0. The van der Waals surface area contributed by atoms with Gasteiger partial charge in [0.2, 0.25) is 0 Å². The van der Waals surface area contributed by atoms with Crippen LogP contribution in [0.5, 0.6) is 0 Å². The van der Waals surface area contributed by atoms with Crippen molar-refractivity contribution in [1.82, 2.24) is 0 Å². The van der Waals surface area contributed by atoms with Crippen molar-refractivity contribution < 1.29 is 51.8 Å². The average molecular weight is 314 g/mol. The van der Waals surface area contributed by atoms with Gasteiger partial charge < -0.3 is 11.0 Å². The predicted molar refractivity (Wildman–Crippen MR) is 7.13 cm³/mol. The van der Waals surface area contributed by atoms with E-state index in [-0.39, 0.29) is 101 Å². The zero-order valence-electron chi connectivity index (χ0n) is 2.02. The number of hydrogen-bond donors (Lipinski definition) is 0. The van der Waals surface area contributed by atoms with Crippen LogP contribution in [0.2, 0.25) is 0 Å². The van der Waals surface area contributed by atoms with Crippen LogP contribution in [-0.2, 0) is 11.0 Å². The minimum absolute atomic E-state index is 0. The monoisotopic (exact) mass is 312 g/mol. The molecule has 0 saturated heterocycles. The molecule has 0 spiro atoms. The second-order valence-electron chi connectivity index (χ2n) is 0. The molecule has 0 aromatic heterocycles. The van der Waals surface area contributed by atoms with Crippen LogP contribution in [0, 0.1) is 40.8 Å². The van der Waals surface area contributed by atoms with Gasteiger partial charge in [0, 0.05) is 0 Å². The molecule has 1 radical (unpaired) electrons. The first-order chi connectivity index (χ1) is 0. The van der Waals surface area contributed by atoms with Gasteiger partial charge in [-0.3, -0.25) is 0 Å². The van der Waals surface area contributed by atoms with E-state index in [0.717, 1.165) is 0 Å². The molecule has 0 aliphatic heterocycles. The van der Waals surface area contributed by atoms with E-state index in [2.05, 4.69) is 0 Å². The van der Waals surface area contributed by atoms with Gasteiger partial charge in [-0.25, -0.2) is 0 Å². The van der Waals surface area contributed by atoms with Crippen molar-refractivity contribution in [1.29, 1.82) is 0 Å². The second kappa shape index (κ2) is 17.0. The van der Waals surface area contributed by atoms with Crippen LogP contribution < -0.4 is 0 Å². The minimum atomic E-state index is 0. The maximum absolute atomic E-state index is 0. The van der Waals surface area contributed by atoms with Gasteiger partial charge in [-0.05, 0) is 0 Å². The molecular formula is BaNdO2+. The molecule has 2 nitrogen and oxygen atoms in total. The summed E-state index contributed by atoms with van der Waals surface area (Å²) in [5.41, 5.74) is 0. The smallest absolute Gasteiger partial charge is 2.00 e. The van der Waals surface area contributed by atoms with Crippen LogP contribution in [0.4, 0.5) is 0 Å². The molecule has 0 aliphatic carbocycles. The molecule has 0 saturated carbocycles. The molecule has 0 N–H and O–H groups in total. The van der Waals surface area contributed by atoms with Crippen molar-refractivity contribution in [2.75, 3.05) is 0 Å². The van der Waals surface area contributed by atoms with E-state index >= 15 is 0 Å². The molecule has 0 aromatic carbocycles. The van der Waals surface area contributed by atoms with Crippen molar-refractivity contribution in [3.8, 4) is 0 Å². The Balaban J connectivity index is 0. The van der Waals surface area contributed by atoms with Crippen molar-refractivity contribution >= 4 is 48.9 Å². The Bertz CT molecular complexity index is 6.00. The van der Waals surface area contributed by atoms with Crippen LogP contribution in [0.15, 0.2) is 0 Å². The van der Waals surface area contributed by atoms with E-state index in [9.17, 15) is 0 Å². The summed E-state index contributed by atoms with van der Waals surface area (Å²) in [6, 6.07) is 0. The Morgan fingerprint density at radius 3 is 0.750 bits per heavy atom. The Morgan fingerprint density at radius 1 is 0.750 bits per heavy atom. The maximum Gasteiger partial charge on any atom is 3.00 e. The van der Waals surface area contributed by atoms with Gasteiger partial charge in [0.25, 0.3) is 0 Å². The van der Waals surface area contributed by atoms with Gasteiger partial charge >= 0.3 is 89.7 Å². The fourth-order valence-electron chi connectivity index (χ4n) is 0. The molecule has 0 unspecified atom stereocenters. The van der Waals surface area contributed by atoms with E-state index in [0.29, 0.717) is 0 Å². The van der Waals surface area contributed by atoms with Gasteiger partial charge in [-0.15, -0.1) is 0 Å². The first-order valence-electron chi connectivity index (χ1n) is 0. The third-order valence-corrected chi connectivity index (χ3v) is 0. The van der Waals surface area contributed by atoms with Crippen molar-refractivity contribution in [2.24, 2.45) is 0 Å². The zero-order valence-corrected chi connectivity index (χ0v) is 9.67. The molecule has 0 aromatic rings. The van der Waals surface area contributed by atoms with Gasteiger partial charge in [0.15, 0.2) is 0 Å². The minimum Gasteiger partial charge on any atom is -2.00 e. The van der Waals surface area contributed by atoms with Crippen LogP contribution in [0.25, 0.3) is 0 Å². The SMILES string of the molecule is [Ba+2].[Nd+3].[O-2].[O-2]. The Hall–Kier alpha value is 2.84. The van der Waals surface area contributed by atoms with E-state index in [1.54, 1.807) is 0 Å². The fraction of sp³-hybridized carbons (Fsp3) is 0. The Labute approximate surface area is 97.9 Å². The first kappa shape index (κ1) is 28.9. The second-order valence-corrected chi connectivity index (χ2v) is 0. The largest absolute Gasteiger partial charge is 3.00 e. The third kappa shape index (κ3) is 8.85. The molecule has 0 aliphatic rings. The van der Waals surface area contributed by atoms with Crippen LogP contribution in [0.1, 0.15) is 0 Å². The topological polar surface area (TPSA) is 57.0 Å². The van der Waals surface area contributed by atoms with E-state index in [1.165, 1.54) is 0 Å². The number of hydrogen-bond acceptors (Lipinski definition) is 0. The van der Waals surface area contributed by atoms with Gasteiger partial charge in [0.1, 0.15) is 0 Å². The third-order valence-electron chi connectivity index (χ3n) is 0. The quantitative estimate of drug-likeness (QED) is 0.536. The van der Waals surface area contributed by atoms with E-state index in [1.807, 2.05) is 0 Å². The van der Waals surface area contributed by atoms with Crippen molar-refractivity contribution in [3.05, 3.63) is 0 Å². The molecule has 0 atom stereocenters. The molecular weight excluding hydrogens is 314 g/mol. The number of rotatable bonds is 0. The molecule has 17 valence electrons. The predicted octanol–water partition coefficient (Wildman–Crippen LogP) is -0.618. The molecule has 0 rings (SSSR count).